The van der Waals surface area contributed by atoms with Gasteiger partial charge in [-0.2, -0.15) is 0 Å². The Bertz CT molecular complexity index is 480. The van der Waals surface area contributed by atoms with E-state index >= 15 is 0 Å². The molecule has 0 saturated carbocycles. The molecule has 0 N–H and O–H groups in total. The van der Waals surface area contributed by atoms with Crippen molar-refractivity contribution < 1.29 is 9.34 Å². The maximum Gasteiger partial charge on any atom is 0.273 e. The van der Waals surface area contributed by atoms with Crippen molar-refractivity contribution in [3.05, 3.63) is 33.1 Å². The molecule has 0 unspecified atom stereocenters. The minimum absolute atomic E-state index is 0.00356. The number of aromatic nitrogens is 1. The number of hydrogen-bond acceptors (Lipinski definition) is 4. The molecule has 0 radical (unpaired) electrons. The average molecular weight is 243 g/mol. The number of halogens is 1. The Hall–Kier alpha value is -1.43. The summed E-state index contributed by atoms with van der Waals surface area (Å²) in [4.78, 5) is 14.2. The molecule has 66 valence electrons. The lowest BCUT2D eigenvalue weighted by atomic mass is 10.3. The van der Waals surface area contributed by atoms with Crippen molar-refractivity contribution in [2.75, 3.05) is 0 Å². The van der Waals surface area contributed by atoms with Crippen LogP contribution in [-0.4, -0.2) is 9.91 Å². The van der Waals surface area contributed by atoms with Gasteiger partial charge in [0.25, 0.3) is 10.5 Å². The van der Waals surface area contributed by atoms with Crippen LogP contribution in [0.5, 0.6) is 0 Å². The molecular formula is C7H3BrN2O3. The highest BCUT2D eigenvalue weighted by Gasteiger charge is 2.09. The third kappa shape index (κ3) is 1.40. The highest BCUT2D eigenvalue weighted by Crippen LogP contribution is 2.23. The van der Waals surface area contributed by atoms with E-state index in [0.29, 0.717) is 15.9 Å². The largest absolute Gasteiger partial charge is 0.431 e. The van der Waals surface area contributed by atoms with Crippen LogP contribution >= 0.6 is 15.9 Å². The van der Waals surface area contributed by atoms with Crippen molar-refractivity contribution in [1.29, 1.82) is 0 Å². The number of benzene rings is 1. The monoisotopic (exact) mass is 242 g/mol. The van der Waals surface area contributed by atoms with Gasteiger partial charge in [0, 0.05) is 22.0 Å². The van der Waals surface area contributed by atoms with Crippen LogP contribution in [0.2, 0.25) is 0 Å². The first-order valence-corrected chi connectivity index (χ1v) is 4.16. The van der Waals surface area contributed by atoms with Crippen molar-refractivity contribution in [2.24, 2.45) is 0 Å². The number of oxazole rings is 1. The predicted octanol–water partition coefficient (Wildman–Crippen LogP) is 2.50. The third-order valence-corrected chi connectivity index (χ3v) is 1.90. The summed E-state index contributed by atoms with van der Waals surface area (Å²) in [5.74, 6) is 0. The minimum atomic E-state index is -0.476. The van der Waals surface area contributed by atoms with Crippen molar-refractivity contribution in [2.45, 2.75) is 0 Å². The second-order valence-electron chi connectivity index (χ2n) is 2.38. The smallest absolute Gasteiger partial charge is 0.273 e. The molecule has 0 aliphatic carbocycles. The second-order valence-corrected chi connectivity index (χ2v) is 3.05. The van der Waals surface area contributed by atoms with Crippen LogP contribution in [0.25, 0.3) is 11.1 Å². The zero-order valence-corrected chi connectivity index (χ0v) is 7.82. The summed E-state index contributed by atoms with van der Waals surface area (Å²) in [5.41, 5.74) is 0.995. The molecule has 0 atom stereocenters. The van der Waals surface area contributed by atoms with Crippen LogP contribution in [0, 0.1) is 10.1 Å². The molecule has 0 spiro atoms. The van der Waals surface area contributed by atoms with Gasteiger partial charge in [-0.3, -0.25) is 10.1 Å². The van der Waals surface area contributed by atoms with E-state index in [1.165, 1.54) is 12.1 Å². The van der Waals surface area contributed by atoms with E-state index < -0.39 is 4.92 Å². The Balaban J connectivity index is 2.67. The van der Waals surface area contributed by atoms with Gasteiger partial charge in [-0.1, -0.05) is 0 Å². The third-order valence-electron chi connectivity index (χ3n) is 1.56. The van der Waals surface area contributed by atoms with Crippen LogP contribution < -0.4 is 0 Å². The molecule has 1 aromatic heterocycles. The number of hydrogen-bond donors (Lipinski definition) is 0. The number of nitro groups is 1. The van der Waals surface area contributed by atoms with Gasteiger partial charge in [-0.05, 0) is 6.07 Å². The summed E-state index contributed by atoms with van der Waals surface area (Å²) in [6.45, 7) is 0. The van der Waals surface area contributed by atoms with Crippen LogP contribution in [-0.2, 0) is 0 Å². The SMILES string of the molecule is O=[N+]([O-])c1ccc2nc(Br)oc2c1. The summed E-state index contributed by atoms with van der Waals surface area (Å²) in [6, 6.07) is 4.27. The van der Waals surface area contributed by atoms with Crippen LogP contribution in [0.15, 0.2) is 27.4 Å². The molecule has 1 aromatic carbocycles. The van der Waals surface area contributed by atoms with Crippen LogP contribution in [0.3, 0.4) is 0 Å². The van der Waals surface area contributed by atoms with E-state index in [0.717, 1.165) is 0 Å². The summed E-state index contributed by atoms with van der Waals surface area (Å²) < 4.78 is 5.06. The van der Waals surface area contributed by atoms with E-state index in [1.807, 2.05) is 0 Å². The average Bonchev–Trinajstić information content (AvgIpc) is 2.42. The Labute approximate surface area is 80.6 Å². The molecule has 5 nitrogen and oxygen atoms in total. The van der Waals surface area contributed by atoms with E-state index in [1.54, 1.807) is 6.07 Å². The van der Waals surface area contributed by atoms with Gasteiger partial charge < -0.3 is 4.42 Å². The molecule has 0 saturated heterocycles. The zero-order valence-electron chi connectivity index (χ0n) is 6.23. The Kier molecular flexibility index (Phi) is 1.77. The fraction of sp³-hybridized carbons (Fsp3) is 0. The Morgan fingerprint density at radius 2 is 2.31 bits per heavy atom. The predicted molar refractivity (Wildman–Crippen MR) is 48.4 cm³/mol. The van der Waals surface area contributed by atoms with Crippen molar-refractivity contribution in [3.8, 4) is 0 Å². The van der Waals surface area contributed by atoms with Crippen molar-refractivity contribution in [1.82, 2.24) is 4.98 Å². The first-order chi connectivity index (χ1) is 6.16. The van der Waals surface area contributed by atoms with Gasteiger partial charge in [0.05, 0.1) is 11.0 Å². The molecular weight excluding hydrogens is 240 g/mol. The topological polar surface area (TPSA) is 69.2 Å². The van der Waals surface area contributed by atoms with E-state index in [2.05, 4.69) is 20.9 Å². The lowest BCUT2D eigenvalue weighted by Crippen LogP contribution is -1.86. The van der Waals surface area contributed by atoms with E-state index in [-0.39, 0.29) is 5.69 Å². The normalized spacial score (nSPS) is 10.5. The molecule has 2 rings (SSSR count). The minimum Gasteiger partial charge on any atom is -0.431 e. The fourth-order valence-electron chi connectivity index (χ4n) is 0.999. The molecule has 1 heterocycles. The lowest BCUT2D eigenvalue weighted by molar-refractivity contribution is -0.384. The summed E-state index contributed by atoms with van der Waals surface area (Å²) >= 11 is 3.04. The molecule has 0 aliphatic heterocycles. The fourth-order valence-corrected chi connectivity index (χ4v) is 1.36. The first-order valence-electron chi connectivity index (χ1n) is 3.37. The molecule has 0 bridgehead atoms. The number of nitro benzene ring substituents is 1. The number of fused-ring (bicyclic) bond motifs is 1. The molecule has 13 heavy (non-hydrogen) atoms. The lowest BCUT2D eigenvalue weighted by Gasteiger charge is -1.88. The zero-order chi connectivity index (χ0) is 9.42. The Morgan fingerprint density at radius 3 is 3.00 bits per heavy atom. The second kappa shape index (κ2) is 2.81. The highest BCUT2D eigenvalue weighted by molar-refractivity contribution is 9.10. The molecule has 0 amide bonds. The van der Waals surface area contributed by atoms with Gasteiger partial charge in [0.1, 0.15) is 5.52 Å². The molecule has 0 aliphatic rings. The number of rotatable bonds is 1. The van der Waals surface area contributed by atoms with Gasteiger partial charge in [0.15, 0.2) is 5.58 Å². The van der Waals surface area contributed by atoms with Crippen LogP contribution in [0.4, 0.5) is 5.69 Å². The van der Waals surface area contributed by atoms with Gasteiger partial charge in [0.2, 0.25) is 0 Å². The van der Waals surface area contributed by atoms with Crippen LogP contribution in [0.1, 0.15) is 0 Å². The van der Waals surface area contributed by atoms with Gasteiger partial charge in [-0.25, -0.2) is 4.98 Å². The quantitative estimate of drug-likeness (QED) is 0.569. The standard InChI is InChI=1S/C7H3BrN2O3/c8-7-9-5-2-1-4(10(11)12)3-6(5)13-7/h1-3H. The molecule has 2 aromatic rings. The molecule has 0 fully saturated rings. The maximum atomic E-state index is 10.4. The van der Waals surface area contributed by atoms with Gasteiger partial charge in [-0.15, -0.1) is 0 Å². The number of nitrogens with zero attached hydrogens (tertiary/aromatic N) is 2. The van der Waals surface area contributed by atoms with E-state index in [4.69, 9.17) is 4.42 Å². The van der Waals surface area contributed by atoms with Gasteiger partial charge >= 0.3 is 0 Å². The van der Waals surface area contributed by atoms with Crippen molar-refractivity contribution >= 4 is 32.7 Å². The first kappa shape index (κ1) is 8.18. The Morgan fingerprint density at radius 1 is 1.54 bits per heavy atom. The van der Waals surface area contributed by atoms with E-state index in [9.17, 15) is 10.1 Å². The summed E-state index contributed by atoms with van der Waals surface area (Å²) in [6.07, 6.45) is 0. The molecule has 6 heteroatoms. The highest BCUT2D eigenvalue weighted by atomic mass is 79.9. The summed E-state index contributed by atoms with van der Waals surface area (Å²) in [7, 11) is 0. The number of non-ortho nitro benzene ring substituents is 1. The van der Waals surface area contributed by atoms with Crippen molar-refractivity contribution in [3.63, 3.8) is 0 Å². The summed E-state index contributed by atoms with van der Waals surface area (Å²) in [5, 5.41) is 10.4. The maximum absolute atomic E-state index is 10.4.